The molecule has 5 aliphatic heterocycles. The van der Waals surface area contributed by atoms with Gasteiger partial charge in [0.25, 0.3) is 0 Å². The second-order valence-electron chi connectivity index (χ2n) is 22.6. The van der Waals surface area contributed by atoms with E-state index in [0.717, 1.165) is 58.0 Å². The Hall–Kier alpha value is -0.900. The minimum Gasteiger partial charge on any atom is -0.396 e. The third-order valence-electron chi connectivity index (χ3n) is 18.9. The van der Waals surface area contributed by atoms with Crippen LogP contribution < -0.4 is 0 Å². The summed E-state index contributed by atoms with van der Waals surface area (Å²) in [4.78, 5) is 0. The number of aliphatic hydroxyl groups is 9. The van der Waals surface area contributed by atoms with Crippen molar-refractivity contribution in [3.05, 3.63) is 11.6 Å². The SMILES string of the molecule is CC1CCC2(OC1)OC1CC3C4C(CO)C=C5CC(CC6OC(CO)C(OC7OC(C)C(O)C(O)C7O)C(O)C6OC6(C)OC(C)C(O)C(O)C6O)CCC5(C)C4CCC3(C)C1C2C. The van der Waals surface area contributed by atoms with E-state index >= 15 is 0 Å². The van der Waals surface area contributed by atoms with Gasteiger partial charge in [-0.25, -0.2) is 0 Å². The Morgan fingerprint density at radius 1 is 0.719 bits per heavy atom. The first-order valence-corrected chi connectivity index (χ1v) is 24.5. The highest BCUT2D eigenvalue weighted by Gasteiger charge is 2.70. The molecule has 64 heavy (non-hydrogen) atoms. The lowest BCUT2D eigenvalue weighted by molar-refractivity contribution is -0.394. The van der Waals surface area contributed by atoms with Crippen molar-refractivity contribution in [3.8, 4) is 0 Å². The van der Waals surface area contributed by atoms with Gasteiger partial charge in [0, 0.05) is 24.9 Å². The minimum atomic E-state index is -1.93. The third-order valence-corrected chi connectivity index (χ3v) is 18.9. The van der Waals surface area contributed by atoms with Crippen LogP contribution in [0.5, 0.6) is 0 Å². The predicted octanol–water partition coefficient (Wildman–Crippen LogP) is 1.51. The summed E-state index contributed by atoms with van der Waals surface area (Å²) in [5, 5.41) is 98.4. The Labute approximate surface area is 377 Å². The summed E-state index contributed by atoms with van der Waals surface area (Å²) in [5.74, 6) is 0.0307. The molecule has 5 saturated heterocycles. The molecule has 0 radical (unpaired) electrons. The van der Waals surface area contributed by atoms with Crippen molar-refractivity contribution in [2.45, 2.75) is 210 Å². The first kappa shape index (κ1) is 48.1. The predicted molar refractivity (Wildman–Crippen MR) is 227 cm³/mol. The maximum absolute atomic E-state index is 12.2. The fourth-order valence-corrected chi connectivity index (χ4v) is 15.2. The van der Waals surface area contributed by atoms with Gasteiger partial charge >= 0.3 is 0 Å². The fourth-order valence-electron chi connectivity index (χ4n) is 15.2. The molecule has 9 rings (SSSR count). The zero-order chi connectivity index (χ0) is 46.0. The van der Waals surface area contributed by atoms with Crippen LogP contribution in [0.2, 0.25) is 0 Å². The van der Waals surface area contributed by atoms with Gasteiger partial charge in [-0.15, -0.1) is 0 Å². The Morgan fingerprint density at radius 2 is 1.45 bits per heavy atom. The van der Waals surface area contributed by atoms with Crippen LogP contribution in [0.3, 0.4) is 0 Å². The summed E-state index contributed by atoms with van der Waals surface area (Å²) < 4.78 is 44.5. The van der Waals surface area contributed by atoms with E-state index in [1.807, 2.05) is 0 Å². The van der Waals surface area contributed by atoms with Gasteiger partial charge in [-0.05, 0) is 118 Å². The molecule has 3 saturated carbocycles. The summed E-state index contributed by atoms with van der Waals surface area (Å²) >= 11 is 0. The number of fused-ring (bicyclic) bond motifs is 7. The van der Waals surface area contributed by atoms with Gasteiger partial charge in [0.15, 0.2) is 17.9 Å². The van der Waals surface area contributed by atoms with E-state index in [9.17, 15) is 46.0 Å². The van der Waals surface area contributed by atoms with Crippen molar-refractivity contribution in [1.29, 1.82) is 0 Å². The van der Waals surface area contributed by atoms with Crippen molar-refractivity contribution in [2.24, 2.45) is 58.2 Å². The summed E-state index contributed by atoms with van der Waals surface area (Å²) in [6.45, 7) is 14.2. The number of hydrogen-bond acceptors (Lipinski definition) is 16. The van der Waals surface area contributed by atoms with E-state index in [1.54, 1.807) is 0 Å². The van der Waals surface area contributed by atoms with E-state index in [1.165, 1.54) is 26.3 Å². The monoisotopic (exact) mass is 911 g/mol. The largest absolute Gasteiger partial charge is 0.396 e. The molecule has 1 spiro atoms. The summed E-state index contributed by atoms with van der Waals surface area (Å²) in [5.41, 5.74) is 1.34. The average molecular weight is 911 g/mol. The molecule has 0 amide bonds. The molecule has 0 aromatic rings. The lowest BCUT2D eigenvalue weighted by atomic mass is 9.44. The number of hydrogen-bond donors (Lipinski definition) is 9. The maximum atomic E-state index is 12.2. The lowest BCUT2D eigenvalue weighted by Crippen LogP contribution is -2.69. The average Bonchev–Trinajstić information content (AvgIpc) is 3.71. The highest BCUT2D eigenvalue weighted by atomic mass is 16.7. The molecule has 27 atom stereocenters. The van der Waals surface area contributed by atoms with Crippen LogP contribution in [0.1, 0.15) is 106 Å². The van der Waals surface area contributed by atoms with Gasteiger partial charge in [0.05, 0.1) is 37.6 Å². The number of ether oxygens (including phenoxy) is 7. The number of allylic oxidation sites excluding steroid dienone is 1. The number of aliphatic hydroxyl groups excluding tert-OH is 9. The highest BCUT2D eigenvalue weighted by Crippen LogP contribution is 2.71. The van der Waals surface area contributed by atoms with Crippen molar-refractivity contribution in [1.82, 2.24) is 0 Å². The molecule has 8 fully saturated rings. The van der Waals surface area contributed by atoms with Gasteiger partial charge in [-0.3, -0.25) is 0 Å². The fraction of sp³-hybridized carbons (Fsp3) is 0.958. The molecular weight excluding hydrogens is 833 g/mol. The smallest absolute Gasteiger partial charge is 0.195 e. The van der Waals surface area contributed by atoms with Gasteiger partial charge in [-0.2, -0.15) is 0 Å². The molecule has 0 bridgehead atoms. The molecular formula is C48H78O16. The Balaban J connectivity index is 0.955. The molecule has 9 aliphatic rings. The van der Waals surface area contributed by atoms with Crippen LogP contribution in [0.15, 0.2) is 11.6 Å². The van der Waals surface area contributed by atoms with Crippen molar-refractivity contribution < 1.29 is 79.1 Å². The van der Waals surface area contributed by atoms with Gasteiger partial charge in [0.2, 0.25) is 0 Å². The van der Waals surface area contributed by atoms with Crippen molar-refractivity contribution >= 4 is 0 Å². The van der Waals surface area contributed by atoms with Crippen LogP contribution in [-0.2, 0) is 33.2 Å². The standard InChI is InChI=1S/C48H78O16/c1-21-8-13-48(58-20-21)22(2)34-30(63-48)17-29-33-26(18-49)16-27-14-25(9-11-45(27,5)28(33)10-12-46(29,34)6)15-31-42(64-47(7)43(57)38(54)36(52)24(4)62-47)40(56)41(32(19-50)60-31)61-44-39(55)37(53)35(51)23(3)59-44/h16,21-26,28-44,49-57H,8-15,17-20H2,1-7H3. The minimum absolute atomic E-state index is 0.000181. The maximum Gasteiger partial charge on any atom is 0.195 e. The van der Waals surface area contributed by atoms with Gasteiger partial charge in [0.1, 0.15) is 61.0 Å². The van der Waals surface area contributed by atoms with Crippen LogP contribution in [0.4, 0.5) is 0 Å². The zero-order valence-electron chi connectivity index (χ0n) is 38.7. The highest BCUT2D eigenvalue weighted by molar-refractivity contribution is 5.28. The van der Waals surface area contributed by atoms with Crippen LogP contribution in [0, 0.1) is 58.2 Å². The summed E-state index contributed by atoms with van der Waals surface area (Å²) in [7, 11) is 0. The summed E-state index contributed by atoms with van der Waals surface area (Å²) in [6.07, 6.45) is -8.56. The molecule has 27 unspecified atom stereocenters. The molecule has 16 nitrogen and oxygen atoms in total. The third kappa shape index (κ3) is 7.63. The quantitative estimate of drug-likeness (QED) is 0.157. The summed E-state index contributed by atoms with van der Waals surface area (Å²) in [6, 6.07) is 0. The lowest BCUT2D eigenvalue weighted by Gasteiger charge is -2.60. The van der Waals surface area contributed by atoms with Gasteiger partial charge < -0.3 is 79.1 Å². The Morgan fingerprint density at radius 3 is 2.14 bits per heavy atom. The Bertz CT molecular complexity index is 1690. The van der Waals surface area contributed by atoms with E-state index in [0.29, 0.717) is 41.9 Å². The van der Waals surface area contributed by atoms with Crippen LogP contribution in [0.25, 0.3) is 0 Å². The van der Waals surface area contributed by atoms with E-state index in [2.05, 4.69) is 33.8 Å². The normalized spacial score (nSPS) is 58.6. The van der Waals surface area contributed by atoms with E-state index in [-0.39, 0.29) is 35.4 Å². The van der Waals surface area contributed by atoms with Gasteiger partial charge in [-0.1, -0.05) is 39.3 Å². The van der Waals surface area contributed by atoms with E-state index < -0.39 is 104 Å². The first-order chi connectivity index (χ1) is 30.2. The topological polar surface area (TPSA) is 247 Å². The number of rotatable bonds is 8. The zero-order valence-corrected chi connectivity index (χ0v) is 38.7. The van der Waals surface area contributed by atoms with E-state index in [4.69, 9.17) is 33.2 Å². The molecule has 0 aromatic heterocycles. The molecule has 4 aliphatic carbocycles. The van der Waals surface area contributed by atoms with Crippen LogP contribution >= 0.6 is 0 Å². The van der Waals surface area contributed by atoms with Crippen molar-refractivity contribution in [2.75, 3.05) is 19.8 Å². The molecule has 9 N–H and O–H groups in total. The molecule has 5 heterocycles. The second-order valence-corrected chi connectivity index (χ2v) is 22.6. The molecule has 0 aromatic carbocycles. The van der Waals surface area contributed by atoms with Crippen molar-refractivity contribution in [3.63, 3.8) is 0 Å². The Kier molecular flexibility index (Phi) is 13.2. The molecule has 16 heteroatoms. The molecule has 366 valence electrons. The second kappa shape index (κ2) is 17.5. The first-order valence-electron chi connectivity index (χ1n) is 24.5. The van der Waals surface area contributed by atoms with Crippen LogP contribution in [-0.4, -0.2) is 169 Å².